The van der Waals surface area contributed by atoms with E-state index in [0.29, 0.717) is 17.3 Å². The van der Waals surface area contributed by atoms with Crippen LogP contribution in [0.2, 0.25) is 0 Å². The van der Waals surface area contributed by atoms with Crippen LogP contribution in [0.25, 0.3) is 0 Å². The number of rotatable bonds is 0. The quantitative estimate of drug-likeness (QED) is 0.270. The molecule has 0 spiro atoms. The summed E-state index contributed by atoms with van der Waals surface area (Å²) >= 11 is 0. The van der Waals surface area contributed by atoms with Gasteiger partial charge in [0.2, 0.25) is 0 Å². The minimum Gasteiger partial charge on any atom is -0.0622 e. The molecule has 0 aromatic carbocycles. The Kier molecular flexibility index (Phi) is 15.1. The third kappa shape index (κ3) is 8.80. The van der Waals surface area contributed by atoms with E-state index in [9.17, 15) is 0 Å². The molecule has 18 unspecified atom stereocenters. The highest BCUT2D eigenvalue weighted by Crippen LogP contribution is 2.50. The molecule has 0 saturated heterocycles. The molecule has 0 radical (unpaired) electrons. The summed E-state index contributed by atoms with van der Waals surface area (Å²) in [6.07, 6.45) is 2.76. The van der Waals surface area contributed by atoms with Gasteiger partial charge in [-0.15, -0.1) is 0 Å². The summed E-state index contributed by atoms with van der Waals surface area (Å²) in [4.78, 5) is 0. The highest BCUT2D eigenvalue weighted by atomic mass is 14.5. The number of hydrogen-bond acceptors (Lipinski definition) is 0. The van der Waals surface area contributed by atoms with Crippen molar-refractivity contribution < 1.29 is 0 Å². The van der Waals surface area contributed by atoms with Gasteiger partial charge in [-0.25, -0.2) is 0 Å². The molecule has 0 aromatic heterocycles. The first kappa shape index (κ1) is 39.0. The Morgan fingerprint density at radius 3 is 0.659 bits per heavy atom. The lowest BCUT2D eigenvalue weighted by atomic mass is 9.57. The van der Waals surface area contributed by atoms with Crippen LogP contribution in [0.15, 0.2) is 0 Å². The van der Waals surface area contributed by atoms with E-state index in [4.69, 9.17) is 0 Å². The van der Waals surface area contributed by atoms with Gasteiger partial charge in [0.15, 0.2) is 0 Å². The van der Waals surface area contributed by atoms with Crippen LogP contribution in [0.5, 0.6) is 0 Å². The molecule has 1 rings (SSSR count). The van der Waals surface area contributed by atoms with Gasteiger partial charge in [-0.2, -0.15) is 0 Å². The average molecular weight is 575 g/mol. The van der Waals surface area contributed by atoms with Gasteiger partial charge in [-0.1, -0.05) is 151 Å². The first-order valence-corrected chi connectivity index (χ1v) is 18.6. The van der Waals surface area contributed by atoms with Crippen LogP contribution in [-0.4, -0.2) is 0 Å². The molecule has 246 valence electrons. The van der Waals surface area contributed by atoms with Crippen molar-refractivity contribution >= 4 is 0 Å². The molecule has 0 nitrogen and oxygen atoms in total. The van der Waals surface area contributed by atoms with Crippen molar-refractivity contribution in [3.63, 3.8) is 0 Å². The molecule has 0 amide bonds. The van der Waals surface area contributed by atoms with Gasteiger partial charge >= 0.3 is 0 Å². The van der Waals surface area contributed by atoms with Crippen molar-refractivity contribution in [2.75, 3.05) is 0 Å². The molecule has 41 heavy (non-hydrogen) atoms. The molecule has 0 heteroatoms. The second kappa shape index (κ2) is 15.8. The minimum atomic E-state index is 0.318. The summed E-state index contributed by atoms with van der Waals surface area (Å²) in [6, 6.07) is 0. The maximum Gasteiger partial charge on any atom is -0.0298 e. The van der Waals surface area contributed by atoms with Crippen LogP contribution in [-0.2, 0) is 0 Å². The molecule has 1 aliphatic carbocycles. The maximum atomic E-state index is 2.60. The maximum absolute atomic E-state index is 2.60. The van der Waals surface area contributed by atoms with E-state index >= 15 is 0 Å². The van der Waals surface area contributed by atoms with Crippen molar-refractivity contribution in [1.82, 2.24) is 0 Å². The van der Waals surface area contributed by atoms with E-state index in [1.807, 2.05) is 0 Å². The Morgan fingerprint density at radius 2 is 0.439 bits per heavy atom. The molecule has 0 N–H and O–H groups in total. The Bertz CT molecular complexity index is 734. The van der Waals surface area contributed by atoms with Crippen molar-refractivity contribution in [2.45, 2.75) is 151 Å². The molecule has 0 aromatic rings. The lowest BCUT2D eigenvalue weighted by Crippen LogP contribution is -2.42. The first-order chi connectivity index (χ1) is 18.6. The molecule has 18 atom stereocenters. The van der Waals surface area contributed by atoms with E-state index < -0.39 is 0 Å². The molecule has 1 aliphatic rings. The van der Waals surface area contributed by atoms with Crippen LogP contribution in [0.3, 0.4) is 0 Å². The van der Waals surface area contributed by atoms with Gasteiger partial charge < -0.3 is 0 Å². The zero-order chi connectivity index (χ0) is 32.3. The molecule has 0 aliphatic heterocycles. The lowest BCUT2D eigenvalue weighted by molar-refractivity contribution is -0.00107. The number of hydrogen-bond donors (Lipinski definition) is 0. The van der Waals surface area contributed by atoms with E-state index in [1.54, 1.807) is 0 Å². The van der Waals surface area contributed by atoms with Crippen LogP contribution >= 0.6 is 0 Å². The highest BCUT2D eigenvalue weighted by Gasteiger charge is 2.43. The van der Waals surface area contributed by atoms with Gasteiger partial charge in [-0.3, -0.25) is 0 Å². The third-order valence-corrected chi connectivity index (χ3v) is 16.7. The Labute approximate surface area is 262 Å². The van der Waals surface area contributed by atoms with E-state index in [2.05, 4.69) is 138 Å². The zero-order valence-corrected chi connectivity index (χ0v) is 32.3. The predicted molar refractivity (Wildman–Crippen MR) is 188 cm³/mol. The van der Waals surface area contributed by atoms with Crippen LogP contribution in [0.1, 0.15) is 151 Å². The predicted octanol–water partition coefficient (Wildman–Crippen LogP) is 13.3. The van der Waals surface area contributed by atoms with Crippen molar-refractivity contribution in [3.05, 3.63) is 0 Å². The van der Waals surface area contributed by atoms with Crippen LogP contribution in [0, 0.1) is 112 Å². The van der Waals surface area contributed by atoms with Crippen LogP contribution < -0.4 is 0 Å². The van der Waals surface area contributed by atoms with E-state index in [1.165, 1.54) is 12.8 Å². The lowest BCUT2D eigenvalue weighted by Gasteiger charge is -2.49. The van der Waals surface area contributed by atoms with Crippen molar-refractivity contribution in [3.8, 4) is 0 Å². The van der Waals surface area contributed by atoms with Gasteiger partial charge in [0.05, 0.1) is 0 Å². The van der Waals surface area contributed by atoms with E-state index in [-0.39, 0.29) is 0 Å². The Hall–Kier alpha value is 0. The molecule has 0 bridgehead atoms. The Balaban J connectivity index is 3.47. The van der Waals surface area contributed by atoms with Crippen LogP contribution in [0.4, 0.5) is 0 Å². The van der Waals surface area contributed by atoms with Crippen molar-refractivity contribution in [1.29, 1.82) is 0 Å². The summed E-state index contributed by atoms with van der Waals surface area (Å²) < 4.78 is 0. The molecular weight excluding hydrogens is 492 g/mol. The SMILES string of the molecule is CC1CCC(C)C(C)C(C)C(C)C(C)C(C)C(C)C(C)C(C)(C)C(C)C(C)C(C)C(C)C(C)C(C)C(C)C(C)C1C. The van der Waals surface area contributed by atoms with Gasteiger partial charge in [-0.05, 0) is 112 Å². The normalized spacial score (nSPS) is 52.4. The summed E-state index contributed by atoms with van der Waals surface area (Å²) in [7, 11) is 0. The topological polar surface area (TPSA) is 0 Å². The minimum absolute atomic E-state index is 0.318. The monoisotopic (exact) mass is 575 g/mol. The summed E-state index contributed by atoms with van der Waals surface area (Å²) in [5.41, 5.74) is 0.318. The van der Waals surface area contributed by atoms with Gasteiger partial charge in [0.25, 0.3) is 0 Å². The fourth-order valence-corrected chi connectivity index (χ4v) is 9.56. The van der Waals surface area contributed by atoms with Crippen molar-refractivity contribution in [2.24, 2.45) is 112 Å². The standard InChI is InChI=1S/C41H82/c1-23-21-22-24(2)26(4)28(6)30(8)33(11)35(13)37(15)39(17)41(19,20)40(18)38(16)36(14)34(12)32(10)31(9)29(7)27(5)25(23)3/h23-40H,21-22H2,1-20H3. The Morgan fingerprint density at radius 1 is 0.268 bits per heavy atom. The second-order valence-corrected chi connectivity index (χ2v) is 18.0. The van der Waals surface area contributed by atoms with Gasteiger partial charge in [0.1, 0.15) is 0 Å². The second-order valence-electron chi connectivity index (χ2n) is 18.0. The largest absolute Gasteiger partial charge is 0.0622 e. The fraction of sp³-hybridized carbons (Fsp3) is 1.00. The summed E-state index contributed by atoms with van der Waals surface area (Å²) in [5, 5.41) is 0. The molecule has 1 saturated carbocycles. The first-order valence-electron chi connectivity index (χ1n) is 18.6. The third-order valence-electron chi connectivity index (χ3n) is 16.7. The highest BCUT2D eigenvalue weighted by molar-refractivity contribution is 4.92. The molecular formula is C41H82. The zero-order valence-electron chi connectivity index (χ0n) is 32.3. The average Bonchev–Trinajstić information content (AvgIpc) is 2.96. The fourth-order valence-electron chi connectivity index (χ4n) is 9.56. The van der Waals surface area contributed by atoms with E-state index in [0.717, 1.165) is 94.7 Å². The molecule has 1 fully saturated rings. The summed E-state index contributed by atoms with van der Waals surface area (Å²) in [5.74, 6) is 13.5. The smallest absolute Gasteiger partial charge is 0.0298 e. The summed E-state index contributed by atoms with van der Waals surface area (Å²) in [6.45, 7) is 51.7. The molecule has 0 heterocycles. The van der Waals surface area contributed by atoms with Gasteiger partial charge in [0, 0.05) is 0 Å².